The van der Waals surface area contributed by atoms with E-state index >= 15 is 0 Å². The number of hydrogen-bond acceptors (Lipinski definition) is 4. The summed E-state index contributed by atoms with van der Waals surface area (Å²) in [7, 11) is -3.68. The molecule has 1 amide bonds. The summed E-state index contributed by atoms with van der Waals surface area (Å²) in [6.07, 6.45) is 2.85. The first-order chi connectivity index (χ1) is 10.3. The number of sulfonamides is 1. The number of rotatable bonds is 5. The third-order valence-corrected chi connectivity index (χ3v) is 5.74. The molecule has 0 radical (unpaired) electrons. The molecule has 0 N–H and O–H groups in total. The van der Waals surface area contributed by atoms with Crippen molar-refractivity contribution in [2.45, 2.75) is 45.2 Å². The maximum Gasteiger partial charge on any atom is 0.246 e. The molecule has 2 rings (SSSR count). The summed E-state index contributed by atoms with van der Waals surface area (Å²) in [5.41, 5.74) is 0. The van der Waals surface area contributed by atoms with Crippen LogP contribution >= 0.6 is 0 Å². The molecule has 1 aliphatic rings. The van der Waals surface area contributed by atoms with E-state index < -0.39 is 16.1 Å². The van der Waals surface area contributed by atoms with Crippen LogP contribution in [-0.4, -0.2) is 59.0 Å². The summed E-state index contributed by atoms with van der Waals surface area (Å²) in [6.45, 7) is 9.63. The van der Waals surface area contributed by atoms with Gasteiger partial charge in [-0.2, -0.15) is 9.40 Å². The SMILES string of the molecule is CCn1cc(S(=O)(=O)N2CCN(CC(C)C)C(=O)[C@@H]2C)cn1. The van der Waals surface area contributed by atoms with Crippen LogP contribution in [0.1, 0.15) is 27.7 Å². The number of carbonyl (C=O) groups excluding carboxylic acids is 1. The molecule has 7 nitrogen and oxygen atoms in total. The second kappa shape index (κ2) is 6.37. The van der Waals surface area contributed by atoms with Gasteiger partial charge in [-0.05, 0) is 19.8 Å². The molecule has 0 aliphatic carbocycles. The predicted octanol–water partition coefficient (Wildman–Crippen LogP) is 0.780. The highest BCUT2D eigenvalue weighted by Gasteiger charge is 2.39. The van der Waals surface area contributed by atoms with Crippen molar-refractivity contribution in [2.24, 2.45) is 5.92 Å². The van der Waals surface area contributed by atoms with Crippen molar-refractivity contribution in [3.05, 3.63) is 12.4 Å². The van der Waals surface area contributed by atoms with Crippen LogP contribution in [0.15, 0.2) is 17.3 Å². The van der Waals surface area contributed by atoms with Gasteiger partial charge in [0.1, 0.15) is 10.9 Å². The van der Waals surface area contributed by atoms with Crippen LogP contribution in [0.25, 0.3) is 0 Å². The smallest absolute Gasteiger partial charge is 0.246 e. The number of aryl methyl sites for hydroxylation is 1. The van der Waals surface area contributed by atoms with E-state index in [0.717, 1.165) is 0 Å². The topological polar surface area (TPSA) is 75.5 Å². The van der Waals surface area contributed by atoms with Crippen molar-refractivity contribution in [1.82, 2.24) is 19.0 Å². The van der Waals surface area contributed by atoms with Gasteiger partial charge in [-0.1, -0.05) is 13.8 Å². The van der Waals surface area contributed by atoms with Crippen LogP contribution in [-0.2, 0) is 21.4 Å². The Kier molecular flexibility index (Phi) is 4.91. The molecule has 1 fully saturated rings. The third-order valence-electron chi connectivity index (χ3n) is 3.82. The molecular formula is C14H24N4O3S. The largest absolute Gasteiger partial charge is 0.340 e. The van der Waals surface area contributed by atoms with Gasteiger partial charge in [-0.15, -0.1) is 0 Å². The molecule has 0 spiro atoms. The number of nitrogens with zero attached hydrogens (tertiary/aromatic N) is 4. The Hall–Kier alpha value is -1.41. The third kappa shape index (κ3) is 3.17. The van der Waals surface area contributed by atoms with Gasteiger partial charge in [0.15, 0.2) is 0 Å². The Labute approximate surface area is 131 Å². The van der Waals surface area contributed by atoms with Gasteiger partial charge in [0.05, 0.1) is 6.20 Å². The van der Waals surface area contributed by atoms with E-state index in [1.807, 2.05) is 20.8 Å². The molecule has 1 aliphatic heterocycles. The van der Waals surface area contributed by atoms with Crippen LogP contribution < -0.4 is 0 Å². The van der Waals surface area contributed by atoms with Crippen molar-refractivity contribution in [3.8, 4) is 0 Å². The van der Waals surface area contributed by atoms with Crippen LogP contribution in [0.5, 0.6) is 0 Å². The zero-order valence-electron chi connectivity index (χ0n) is 13.6. The van der Waals surface area contributed by atoms with Gasteiger partial charge in [0, 0.05) is 32.4 Å². The molecule has 1 aromatic rings. The zero-order chi connectivity index (χ0) is 16.5. The Bertz CT molecular complexity index is 638. The van der Waals surface area contributed by atoms with Gasteiger partial charge in [-0.25, -0.2) is 8.42 Å². The Morgan fingerprint density at radius 2 is 2.05 bits per heavy atom. The van der Waals surface area contributed by atoms with E-state index in [4.69, 9.17) is 0 Å². The highest BCUT2D eigenvalue weighted by molar-refractivity contribution is 7.89. The van der Waals surface area contributed by atoms with Crippen molar-refractivity contribution < 1.29 is 13.2 Å². The van der Waals surface area contributed by atoms with E-state index in [0.29, 0.717) is 32.1 Å². The maximum absolute atomic E-state index is 12.7. The summed E-state index contributed by atoms with van der Waals surface area (Å²) in [4.78, 5) is 14.3. The van der Waals surface area contributed by atoms with E-state index in [-0.39, 0.29) is 10.8 Å². The highest BCUT2D eigenvalue weighted by Crippen LogP contribution is 2.22. The monoisotopic (exact) mass is 328 g/mol. The minimum atomic E-state index is -3.68. The molecular weight excluding hydrogens is 304 g/mol. The average Bonchev–Trinajstić information content (AvgIpc) is 2.93. The lowest BCUT2D eigenvalue weighted by Gasteiger charge is -2.38. The molecule has 1 aromatic heterocycles. The number of amides is 1. The highest BCUT2D eigenvalue weighted by atomic mass is 32.2. The van der Waals surface area contributed by atoms with Crippen molar-refractivity contribution in [2.75, 3.05) is 19.6 Å². The standard InChI is InChI=1S/C14H24N4O3S/c1-5-17-10-13(8-15-17)22(20,21)18-7-6-16(9-11(2)3)14(19)12(18)4/h8,10-12H,5-7,9H2,1-4H3/t12-/m0/s1. The van der Waals surface area contributed by atoms with E-state index in [1.54, 1.807) is 16.5 Å². The number of carbonyl (C=O) groups is 1. The molecule has 0 unspecified atom stereocenters. The lowest BCUT2D eigenvalue weighted by Crippen LogP contribution is -2.57. The van der Waals surface area contributed by atoms with Gasteiger partial charge in [0.25, 0.3) is 0 Å². The van der Waals surface area contributed by atoms with Gasteiger partial charge < -0.3 is 4.90 Å². The summed E-state index contributed by atoms with van der Waals surface area (Å²) < 4.78 is 28.3. The predicted molar refractivity (Wildman–Crippen MR) is 82.7 cm³/mol. The van der Waals surface area contributed by atoms with E-state index in [2.05, 4.69) is 5.10 Å². The summed E-state index contributed by atoms with van der Waals surface area (Å²) >= 11 is 0. The van der Waals surface area contributed by atoms with Gasteiger partial charge in [0.2, 0.25) is 15.9 Å². The van der Waals surface area contributed by atoms with E-state index in [9.17, 15) is 13.2 Å². The van der Waals surface area contributed by atoms with Gasteiger partial charge >= 0.3 is 0 Å². The fraction of sp³-hybridized carbons (Fsp3) is 0.714. The first kappa shape index (κ1) is 17.0. The molecule has 124 valence electrons. The quantitative estimate of drug-likeness (QED) is 0.800. The number of hydrogen-bond donors (Lipinski definition) is 0. The lowest BCUT2D eigenvalue weighted by molar-refractivity contribution is -0.138. The number of aromatic nitrogens is 2. The van der Waals surface area contributed by atoms with E-state index in [1.165, 1.54) is 16.7 Å². The van der Waals surface area contributed by atoms with Crippen molar-refractivity contribution in [1.29, 1.82) is 0 Å². The second-order valence-corrected chi connectivity index (χ2v) is 7.89. The molecule has 22 heavy (non-hydrogen) atoms. The minimum absolute atomic E-state index is 0.133. The van der Waals surface area contributed by atoms with Crippen molar-refractivity contribution >= 4 is 15.9 Å². The molecule has 0 saturated carbocycles. The normalized spacial score (nSPS) is 20.9. The average molecular weight is 328 g/mol. The maximum atomic E-state index is 12.7. The fourth-order valence-electron chi connectivity index (χ4n) is 2.65. The van der Waals surface area contributed by atoms with Crippen LogP contribution in [0.2, 0.25) is 0 Å². The number of piperazine rings is 1. The van der Waals surface area contributed by atoms with Gasteiger partial charge in [-0.3, -0.25) is 9.48 Å². The molecule has 2 heterocycles. The summed E-state index contributed by atoms with van der Waals surface area (Å²) in [5.74, 6) is 0.230. The Balaban J connectivity index is 2.21. The fourth-order valence-corrected chi connectivity index (χ4v) is 4.18. The lowest BCUT2D eigenvalue weighted by atomic mass is 10.1. The summed E-state index contributed by atoms with van der Waals surface area (Å²) in [6, 6.07) is -0.678. The molecule has 1 saturated heterocycles. The van der Waals surface area contributed by atoms with Crippen molar-refractivity contribution in [3.63, 3.8) is 0 Å². The second-order valence-electron chi connectivity index (χ2n) is 6.00. The molecule has 1 atom stereocenters. The summed E-state index contributed by atoms with van der Waals surface area (Å²) in [5, 5.41) is 4.01. The Morgan fingerprint density at radius 1 is 1.36 bits per heavy atom. The zero-order valence-corrected chi connectivity index (χ0v) is 14.4. The minimum Gasteiger partial charge on any atom is -0.340 e. The first-order valence-electron chi connectivity index (χ1n) is 7.60. The molecule has 0 aromatic carbocycles. The molecule has 8 heteroatoms. The van der Waals surface area contributed by atoms with Crippen LogP contribution in [0, 0.1) is 5.92 Å². The first-order valence-corrected chi connectivity index (χ1v) is 9.04. The Morgan fingerprint density at radius 3 is 2.59 bits per heavy atom. The van der Waals surface area contributed by atoms with Crippen LogP contribution in [0.3, 0.4) is 0 Å². The van der Waals surface area contributed by atoms with Crippen LogP contribution in [0.4, 0.5) is 0 Å². The molecule has 0 bridgehead atoms.